The van der Waals surface area contributed by atoms with E-state index in [2.05, 4.69) is 5.32 Å². The van der Waals surface area contributed by atoms with Gasteiger partial charge in [-0.15, -0.1) is 0 Å². The smallest absolute Gasteiger partial charge is 0.266 e. The number of hydrogen-bond donors (Lipinski definition) is 1. The minimum absolute atomic E-state index is 0.0507. The van der Waals surface area contributed by atoms with E-state index in [0.717, 1.165) is 22.6 Å². The number of nitriles is 1. The molecule has 7 heteroatoms. The van der Waals surface area contributed by atoms with Gasteiger partial charge in [-0.3, -0.25) is 4.79 Å². The molecule has 0 radical (unpaired) electrons. The van der Waals surface area contributed by atoms with Gasteiger partial charge in [0.15, 0.2) is 11.5 Å². The summed E-state index contributed by atoms with van der Waals surface area (Å²) in [6, 6.07) is 14.9. The van der Waals surface area contributed by atoms with Crippen LogP contribution in [0, 0.1) is 31.0 Å². The molecule has 0 fully saturated rings. The Balaban J connectivity index is 1.64. The summed E-state index contributed by atoms with van der Waals surface area (Å²) < 4.78 is 25.9. The van der Waals surface area contributed by atoms with Crippen molar-refractivity contribution in [3.63, 3.8) is 0 Å². The molecule has 30 heavy (non-hydrogen) atoms. The molecule has 1 aliphatic rings. The highest BCUT2D eigenvalue weighted by atomic mass is 19.1. The van der Waals surface area contributed by atoms with Gasteiger partial charge in [-0.2, -0.15) is 5.26 Å². The predicted octanol–water partition coefficient (Wildman–Crippen LogP) is 4.51. The van der Waals surface area contributed by atoms with Gasteiger partial charge in [0.1, 0.15) is 17.5 Å². The van der Waals surface area contributed by atoms with E-state index in [0.29, 0.717) is 17.2 Å². The molecular formula is C23H18FN3O3. The highest BCUT2D eigenvalue weighted by Gasteiger charge is 2.17. The number of amides is 1. The Bertz CT molecular complexity index is 1200. The zero-order valence-corrected chi connectivity index (χ0v) is 16.4. The number of carbonyl (C=O) groups is 1. The van der Waals surface area contributed by atoms with Gasteiger partial charge in [0.25, 0.3) is 5.91 Å². The number of nitrogens with one attached hydrogen (secondary N) is 1. The monoisotopic (exact) mass is 403 g/mol. The number of halogens is 1. The fourth-order valence-corrected chi connectivity index (χ4v) is 3.39. The van der Waals surface area contributed by atoms with Gasteiger partial charge < -0.3 is 19.4 Å². The van der Waals surface area contributed by atoms with E-state index < -0.39 is 11.7 Å². The highest BCUT2D eigenvalue weighted by Crippen LogP contribution is 2.35. The lowest BCUT2D eigenvalue weighted by molar-refractivity contribution is -0.112. The molecule has 0 aliphatic carbocycles. The molecule has 150 valence electrons. The third-order valence-corrected chi connectivity index (χ3v) is 4.85. The highest BCUT2D eigenvalue weighted by molar-refractivity contribution is 6.09. The molecule has 0 spiro atoms. The number of rotatable bonds is 4. The van der Waals surface area contributed by atoms with E-state index >= 15 is 0 Å². The molecule has 0 bridgehead atoms. The van der Waals surface area contributed by atoms with Crippen LogP contribution in [-0.4, -0.2) is 17.3 Å². The van der Waals surface area contributed by atoms with Crippen molar-refractivity contribution >= 4 is 17.7 Å². The largest absolute Gasteiger partial charge is 0.454 e. The van der Waals surface area contributed by atoms with Crippen LogP contribution in [0.4, 0.5) is 10.1 Å². The molecule has 1 aliphatic heterocycles. The second-order valence-electron chi connectivity index (χ2n) is 6.83. The van der Waals surface area contributed by atoms with E-state index in [1.807, 2.05) is 48.7 Å². The molecule has 1 aromatic heterocycles. The molecular weight excluding hydrogens is 385 g/mol. The fraction of sp³-hybridized carbons (Fsp3) is 0.130. The number of benzene rings is 2. The van der Waals surface area contributed by atoms with Crippen molar-refractivity contribution in [1.29, 1.82) is 5.26 Å². The van der Waals surface area contributed by atoms with E-state index in [4.69, 9.17) is 9.47 Å². The molecule has 2 aromatic carbocycles. The Labute approximate surface area is 172 Å². The number of aryl methyl sites for hydroxylation is 1. The van der Waals surface area contributed by atoms with Crippen LogP contribution in [0.3, 0.4) is 0 Å². The molecule has 0 unspecified atom stereocenters. The molecule has 1 N–H and O–H groups in total. The first kappa shape index (κ1) is 19.3. The van der Waals surface area contributed by atoms with Crippen LogP contribution in [0.25, 0.3) is 11.8 Å². The van der Waals surface area contributed by atoms with E-state index in [1.54, 1.807) is 6.08 Å². The van der Waals surface area contributed by atoms with Gasteiger partial charge >= 0.3 is 0 Å². The number of aromatic nitrogens is 1. The van der Waals surface area contributed by atoms with E-state index in [9.17, 15) is 14.4 Å². The van der Waals surface area contributed by atoms with Gasteiger partial charge in [-0.1, -0.05) is 0 Å². The van der Waals surface area contributed by atoms with Crippen molar-refractivity contribution in [3.8, 4) is 23.3 Å². The van der Waals surface area contributed by atoms with E-state index in [1.165, 1.54) is 24.3 Å². The molecule has 0 atom stereocenters. The number of nitrogens with zero attached hydrogens (tertiary/aromatic N) is 2. The SMILES string of the molecule is Cc1cc(/C=C(\C#N)C(=O)Nc2ccc(F)cc2)c(C)n1-c1ccc2c(c1)OCO2. The quantitative estimate of drug-likeness (QED) is 0.514. The van der Waals surface area contributed by atoms with Gasteiger partial charge in [0.05, 0.1) is 0 Å². The van der Waals surface area contributed by atoms with Gasteiger partial charge in [-0.25, -0.2) is 4.39 Å². The Morgan fingerprint density at radius 2 is 1.87 bits per heavy atom. The first-order chi connectivity index (χ1) is 14.5. The standard InChI is InChI=1S/C23H18FN3O3/c1-14-9-16(10-17(12-25)23(28)26-19-5-3-18(24)4-6-19)15(2)27(14)20-7-8-21-22(11-20)30-13-29-21/h3-11H,13H2,1-2H3,(H,26,28)/b17-10+. The van der Waals surface area contributed by atoms with Crippen molar-refractivity contribution in [2.24, 2.45) is 0 Å². The van der Waals surface area contributed by atoms with Gasteiger partial charge in [0.2, 0.25) is 6.79 Å². The Hall–Kier alpha value is -4.05. The average Bonchev–Trinajstić information content (AvgIpc) is 3.31. The summed E-state index contributed by atoms with van der Waals surface area (Å²) in [5, 5.41) is 12.1. The van der Waals surface area contributed by atoms with Crippen molar-refractivity contribution in [2.45, 2.75) is 13.8 Å². The second kappa shape index (κ2) is 7.76. The van der Waals surface area contributed by atoms with Crippen LogP contribution in [0.2, 0.25) is 0 Å². The van der Waals surface area contributed by atoms with Crippen LogP contribution in [0.5, 0.6) is 11.5 Å². The van der Waals surface area contributed by atoms with Crippen LogP contribution >= 0.6 is 0 Å². The third-order valence-electron chi connectivity index (χ3n) is 4.85. The topological polar surface area (TPSA) is 76.3 Å². The molecule has 0 saturated carbocycles. The first-order valence-corrected chi connectivity index (χ1v) is 9.24. The zero-order valence-electron chi connectivity index (χ0n) is 16.4. The molecule has 2 heterocycles. The summed E-state index contributed by atoms with van der Waals surface area (Å²) in [6.07, 6.45) is 1.55. The van der Waals surface area contributed by atoms with Crippen LogP contribution in [0.15, 0.2) is 54.1 Å². The summed E-state index contributed by atoms with van der Waals surface area (Å²) in [7, 11) is 0. The summed E-state index contributed by atoms with van der Waals surface area (Å²) in [5.41, 5.74) is 3.81. The molecule has 6 nitrogen and oxygen atoms in total. The second-order valence-corrected chi connectivity index (χ2v) is 6.83. The number of ether oxygens (including phenoxy) is 2. The maximum absolute atomic E-state index is 13.0. The minimum Gasteiger partial charge on any atom is -0.454 e. The van der Waals surface area contributed by atoms with Crippen molar-refractivity contribution < 1.29 is 18.7 Å². The van der Waals surface area contributed by atoms with Gasteiger partial charge in [0, 0.05) is 28.8 Å². The maximum Gasteiger partial charge on any atom is 0.266 e. The summed E-state index contributed by atoms with van der Waals surface area (Å²) in [4.78, 5) is 12.5. The average molecular weight is 403 g/mol. The Morgan fingerprint density at radius 3 is 2.60 bits per heavy atom. The summed E-state index contributed by atoms with van der Waals surface area (Å²) >= 11 is 0. The summed E-state index contributed by atoms with van der Waals surface area (Å²) in [6.45, 7) is 4.06. The Morgan fingerprint density at radius 1 is 1.13 bits per heavy atom. The number of hydrogen-bond acceptors (Lipinski definition) is 4. The molecule has 3 aromatic rings. The minimum atomic E-state index is -0.558. The zero-order chi connectivity index (χ0) is 21.3. The van der Waals surface area contributed by atoms with Crippen LogP contribution < -0.4 is 14.8 Å². The number of fused-ring (bicyclic) bond motifs is 1. The van der Waals surface area contributed by atoms with Crippen molar-refractivity contribution in [1.82, 2.24) is 4.57 Å². The Kier molecular flexibility index (Phi) is 4.98. The van der Waals surface area contributed by atoms with E-state index in [-0.39, 0.29) is 12.4 Å². The molecule has 1 amide bonds. The lowest BCUT2D eigenvalue weighted by Crippen LogP contribution is -2.13. The lowest BCUT2D eigenvalue weighted by Gasteiger charge is -2.10. The van der Waals surface area contributed by atoms with Gasteiger partial charge in [-0.05, 0) is 68.0 Å². The number of carbonyl (C=O) groups excluding carboxylic acids is 1. The normalized spacial score (nSPS) is 12.5. The maximum atomic E-state index is 13.0. The fourth-order valence-electron chi connectivity index (χ4n) is 3.39. The molecule has 0 saturated heterocycles. The van der Waals surface area contributed by atoms with Crippen molar-refractivity contribution in [2.75, 3.05) is 12.1 Å². The third kappa shape index (κ3) is 3.63. The lowest BCUT2D eigenvalue weighted by atomic mass is 10.1. The first-order valence-electron chi connectivity index (χ1n) is 9.24. The molecule has 4 rings (SSSR count). The van der Waals surface area contributed by atoms with Crippen molar-refractivity contribution in [3.05, 3.63) is 76.9 Å². The predicted molar refractivity (Wildman–Crippen MR) is 110 cm³/mol. The van der Waals surface area contributed by atoms with Crippen LogP contribution in [-0.2, 0) is 4.79 Å². The number of anilines is 1. The summed E-state index contributed by atoms with van der Waals surface area (Å²) in [5.74, 6) is 0.413. The van der Waals surface area contributed by atoms with Crippen LogP contribution in [0.1, 0.15) is 17.0 Å².